The van der Waals surface area contributed by atoms with Crippen molar-refractivity contribution in [3.63, 3.8) is 0 Å². The van der Waals surface area contributed by atoms with Gasteiger partial charge in [-0.15, -0.1) is 11.8 Å². The van der Waals surface area contributed by atoms with Crippen LogP contribution in [0.4, 0.5) is 14.5 Å². The lowest BCUT2D eigenvalue weighted by molar-refractivity contribution is 0.0986. The molecule has 0 saturated heterocycles. The average molecular weight is 401 g/mol. The van der Waals surface area contributed by atoms with Crippen LogP contribution < -0.4 is 4.90 Å². The quantitative estimate of drug-likeness (QED) is 0.604. The maximum atomic E-state index is 14.0. The number of hydrogen-bond acceptors (Lipinski definition) is 5. The zero-order valence-electron chi connectivity index (χ0n) is 15.3. The van der Waals surface area contributed by atoms with Gasteiger partial charge in [-0.25, -0.2) is 13.8 Å². The average Bonchev–Trinajstić information content (AvgIpc) is 3.23. The van der Waals surface area contributed by atoms with Crippen molar-refractivity contribution in [3.05, 3.63) is 70.2 Å². The maximum absolute atomic E-state index is 14.0. The van der Waals surface area contributed by atoms with Gasteiger partial charge in [0.2, 0.25) is 0 Å². The molecular weight excluding hydrogens is 384 g/mol. The van der Waals surface area contributed by atoms with E-state index in [0.29, 0.717) is 34.9 Å². The predicted molar refractivity (Wildman–Crippen MR) is 102 cm³/mol. The highest BCUT2D eigenvalue weighted by Crippen LogP contribution is 2.34. The number of halogens is 2. The van der Waals surface area contributed by atoms with Gasteiger partial charge in [0.1, 0.15) is 22.4 Å². The normalized spacial score (nSPS) is 13.1. The van der Waals surface area contributed by atoms with Crippen molar-refractivity contribution >= 4 is 23.4 Å². The summed E-state index contributed by atoms with van der Waals surface area (Å²) < 4.78 is 32.9. The molecule has 28 heavy (non-hydrogen) atoms. The molecule has 0 aliphatic carbocycles. The number of benzene rings is 1. The van der Waals surface area contributed by atoms with Gasteiger partial charge in [0.15, 0.2) is 0 Å². The Morgan fingerprint density at radius 3 is 2.89 bits per heavy atom. The molecule has 144 valence electrons. The highest BCUT2D eigenvalue weighted by Gasteiger charge is 2.30. The lowest BCUT2D eigenvalue weighted by Gasteiger charge is -2.19. The van der Waals surface area contributed by atoms with Gasteiger partial charge in [-0.2, -0.15) is 0 Å². The van der Waals surface area contributed by atoms with E-state index in [2.05, 4.69) is 10.1 Å². The van der Waals surface area contributed by atoms with Crippen LogP contribution in [-0.2, 0) is 12.2 Å². The number of pyridine rings is 1. The van der Waals surface area contributed by atoms with Crippen LogP contribution in [0.1, 0.15) is 32.9 Å². The summed E-state index contributed by atoms with van der Waals surface area (Å²) in [6.07, 6.45) is 1.97. The fourth-order valence-electron chi connectivity index (χ4n) is 3.30. The first-order valence-corrected chi connectivity index (χ1v) is 9.73. The Hall–Kier alpha value is -2.74. The van der Waals surface area contributed by atoms with Crippen LogP contribution in [0.15, 0.2) is 40.0 Å². The molecule has 0 bridgehead atoms. The lowest BCUT2D eigenvalue weighted by atomic mass is 10.1. The highest BCUT2D eigenvalue weighted by molar-refractivity contribution is 7.98. The molecule has 0 saturated carbocycles. The number of fused-ring (bicyclic) bond motifs is 1. The molecule has 4 rings (SSSR count). The molecule has 8 heteroatoms. The number of carbonyl (C=O) groups is 1. The molecule has 0 atom stereocenters. The minimum Gasteiger partial charge on any atom is -0.361 e. The first kappa shape index (κ1) is 18.6. The molecule has 0 radical (unpaired) electrons. The first-order valence-electron chi connectivity index (χ1n) is 8.75. The molecule has 0 N–H and O–H groups in total. The van der Waals surface area contributed by atoms with E-state index in [-0.39, 0.29) is 11.6 Å². The summed E-state index contributed by atoms with van der Waals surface area (Å²) in [5, 5.41) is 4.49. The maximum Gasteiger partial charge on any atom is 0.261 e. The SMILES string of the molecule is Cc1noc(C)c1CSc1ncccc1C(=O)N1CCc2c(F)cc(F)cc21. The molecule has 5 nitrogen and oxygen atoms in total. The van der Waals surface area contributed by atoms with Gasteiger partial charge >= 0.3 is 0 Å². The van der Waals surface area contributed by atoms with Crippen LogP contribution in [-0.4, -0.2) is 22.6 Å². The van der Waals surface area contributed by atoms with Crippen molar-refractivity contribution in [1.29, 1.82) is 0 Å². The van der Waals surface area contributed by atoms with Crippen molar-refractivity contribution in [2.45, 2.75) is 31.0 Å². The van der Waals surface area contributed by atoms with Gasteiger partial charge in [0.25, 0.3) is 5.91 Å². The fraction of sp³-hybridized carbons (Fsp3) is 0.250. The van der Waals surface area contributed by atoms with E-state index in [0.717, 1.165) is 23.1 Å². The second kappa shape index (κ2) is 7.35. The number of aryl methyl sites for hydroxylation is 2. The van der Waals surface area contributed by atoms with Crippen molar-refractivity contribution in [1.82, 2.24) is 10.1 Å². The number of carbonyl (C=O) groups excluding carboxylic acids is 1. The van der Waals surface area contributed by atoms with Gasteiger partial charge in [-0.05, 0) is 38.5 Å². The molecular formula is C20H17F2N3O2S. The first-order chi connectivity index (χ1) is 13.5. The number of amides is 1. The summed E-state index contributed by atoms with van der Waals surface area (Å²) in [5.41, 5.74) is 2.81. The smallest absolute Gasteiger partial charge is 0.261 e. The molecule has 3 heterocycles. The van der Waals surface area contributed by atoms with Gasteiger partial charge in [-0.1, -0.05) is 5.16 Å². The Morgan fingerprint density at radius 2 is 2.14 bits per heavy atom. The standard InChI is InChI=1S/C20H17F2N3O2S/c1-11-16(12(2)27-24-11)10-28-19-15(4-3-6-23-19)20(26)25-7-5-14-17(22)8-13(21)9-18(14)25/h3-4,6,8-9H,5,7,10H2,1-2H3. The van der Waals surface area contributed by atoms with Gasteiger partial charge < -0.3 is 9.42 Å². The second-order valence-corrected chi connectivity index (χ2v) is 7.50. The number of rotatable bonds is 4. The topological polar surface area (TPSA) is 59.2 Å². The Bertz CT molecular complexity index is 1050. The highest BCUT2D eigenvalue weighted by atomic mass is 32.2. The summed E-state index contributed by atoms with van der Waals surface area (Å²) in [7, 11) is 0. The third-order valence-corrected chi connectivity index (χ3v) is 5.83. The monoisotopic (exact) mass is 401 g/mol. The predicted octanol–water partition coefficient (Wildman–Crippen LogP) is 4.46. The van der Waals surface area contributed by atoms with E-state index in [1.807, 2.05) is 13.8 Å². The molecule has 1 amide bonds. The number of aromatic nitrogens is 2. The third-order valence-electron chi connectivity index (χ3n) is 4.79. The molecule has 1 aliphatic rings. The minimum atomic E-state index is -0.699. The molecule has 0 fully saturated rings. The minimum absolute atomic E-state index is 0.285. The van der Waals surface area contributed by atoms with Crippen LogP contribution in [0.5, 0.6) is 0 Å². The van der Waals surface area contributed by atoms with Gasteiger partial charge in [0, 0.05) is 35.7 Å². The Morgan fingerprint density at radius 1 is 1.32 bits per heavy atom. The molecule has 3 aromatic rings. The van der Waals surface area contributed by atoms with Crippen LogP contribution in [0.3, 0.4) is 0 Å². The molecule has 2 aromatic heterocycles. The Labute approximate surface area is 164 Å². The third kappa shape index (κ3) is 3.28. The van der Waals surface area contributed by atoms with E-state index < -0.39 is 11.6 Å². The Kier molecular flexibility index (Phi) is 4.89. The van der Waals surface area contributed by atoms with Crippen LogP contribution in [0.25, 0.3) is 0 Å². The lowest BCUT2D eigenvalue weighted by Crippen LogP contribution is -2.29. The van der Waals surface area contributed by atoms with Crippen LogP contribution in [0.2, 0.25) is 0 Å². The van der Waals surface area contributed by atoms with Gasteiger partial charge in [-0.3, -0.25) is 4.79 Å². The van der Waals surface area contributed by atoms with E-state index in [1.165, 1.54) is 22.7 Å². The molecule has 1 aromatic carbocycles. The van der Waals surface area contributed by atoms with E-state index in [1.54, 1.807) is 18.3 Å². The zero-order valence-corrected chi connectivity index (χ0v) is 16.1. The van der Waals surface area contributed by atoms with Crippen molar-refractivity contribution < 1.29 is 18.1 Å². The summed E-state index contributed by atoms with van der Waals surface area (Å²) in [5.74, 6) is -0.357. The van der Waals surface area contributed by atoms with E-state index >= 15 is 0 Å². The van der Waals surface area contributed by atoms with Crippen molar-refractivity contribution in [2.24, 2.45) is 0 Å². The summed E-state index contributed by atoms with van der Waals surface area (Å²) >= 11 is 1.40. The summed E-state index contributed by atoms with van der Waals surface area (Å²) in [6.45, 7) is 4.00. The number of anilines is 1. The summed E-state index contributed by atoms with van der Waals surface area (Å²) in [4.78, 5) is 18.9. The van der Waals surface area contributed by atoms with E-state index in [9.17, 15) is 13.6 Å². The molecule has 0 unspecified atom stereocenters. The fourth-order valence-corrected chi connectivity index (χ4v) is 4.44. The van der Waals surface area contributed by atoms with Crippen LogP contribution in [0, 0.1) is 25.5 Å². The van der Waals surface area contributed by atoms with Crippen molar-refractivity contribution in [2.75, 3.05) is 11.4 Å². The zero-order chi connectivity index (χ0) is 19.8. The summed E-state index contributed by atoms with van der Waals surface area (Å²) in [6, 6.07) is 5.41. The molecule has 0 spiro atoms. The largest absolute Gasteiger partial charge is 0.361 e. The number of thioether (sulfide) groups is 1. The van der Waals surface area contributed by atoms with E-state index in [4.69, 9.17) is 4.52 Å². The Balaban J connectivity index is 1.62. The number of nitrogens with zero attached hydrogens (tertiary/aromatic N) is 3. The number of hydrogen-bond donors (Lipinski definition) is 0. The van der Waals surface area contributed by atoms with Crippen LogP contribution >= 0.6 is 11.8 Å². The van der Waals surface area contributed by atoms with Crippen molar-refractivity contribution in [3.8, 4) is 0 Å². The second-order valence-electron chi connectivity index (χ2n) is 6.54. The molecule has 1 aliphatic heterocycles. The van der Waals surface area contributed by atoms with Gasteiger partial charge in [0.05, 0.1) is 16.9 Å².